The summed E-state index contributed by atoms with van der Waals surface area (Å²) in [5, 5.41) is 19.5. The Morgan fingerprint density at radius 3 is 2.53 bits per heavy atom. The van der Waals surface area contributed by atoms with Gasteiger partial charge in [-0.1, -0.05) is 19.8 Å². The minimum atomic E-state index is -0.661. The van der Waals surface area contributed by atoms with Gasteiger partial charge in [-0.25, -0.2) is 0 Å². The van der Waals surface area contributed by atoms with Crippen LogP contribution in [0.4, 0.5) is 0 Å². The minimum Gasteiger partial charge on any atom is -0.396 e. The van der Waals surface area contributed by atoms with E-state index in [2.05, 4.69) is 11.8 Å². The van der Waals surface area contributed by atoms with Crippen molar-refractivity contribution in [1.82, 2.24) is 4.90 Å². The molecule has 17 heavy (non-hydrogen) atoms. The van der Waals surface area contributed by atoms with Gasteiger partial charge in [-0.15, -0.1) is 0 Å². The SMILES string of the molecule is CC1CCCC(CO)(CN(C)CC(C)(C)O)C1. The lowest BCUT2D eigenvalue weighted by Gasteiger charge is -2.42. The third kappa shape index (κ3) is 4.94. The van der Waals surface area contributed by atoms with Crippen molar-refractivity contribution in [3.8, 4) is 0 Å². The highest BCUT2D eigenvalue weighted by Crippen LogP contribution is 2.39. The molecule has 3 nitrogen and oxygen atoms in total. The van der Waals surface area contributed by atoms with E-state index in [1.165, 1.54) is 12.8 Å². The molecule has 2 atom stereocenters. The van der Waals surface area contributed by atoms with Crippen molar-refractivity contribution in [2.45, 2.75) is 52.1 Å². The maximum atomic E-state index is 9.82. The molecule has 0 aromatic carbocycles. The summed E-state index contributed by atoms with van der Waals surface area (Å²) in [6.07, 6.45) is 4.73. The zero-order valence-corrected chi connectivity index (χ0v) is 11.9. The van der Waals surface area contributed by atoms with Crippen molar-refractivity contribution in [3.05, 3.63) is 0 Å². The Bertz CT molecular complexity index is 237. The third-order valence-corrected chi connectivity index (χ3v) is 3.78. The van der Waals surface area contributed by atoms with Gasteiger partial charge in [0.2, 0.25) is 0 Å². The molecule has 1 rings (SSSR count). The fraction of sp³-hybridized carbons (Fsp3) is 1.00. The lowest BCUT2D eigenvalue weighted by Crippen LogP contribution is -2.45. The lowest BCUT2D eigenvalue weighted by molar-refractivity contribution is -0.00343. The number of nitrogens with zero attached hydrogens (tertiary/aromatic N) is 1. The maximum absolute atomic E-state index is 9.82. The van der Waals surface area contributed by atoms with Gasteiger partial charge in [-0.05, 0) is 39.7 Å². The van der Waals surface area contributed by atoms with Gasteiger partial charge in [-0.2, -0.15) is 0 Å². The Labute approximate surface area is 106 Å². The van der Waals surface area contributed by atoms with Crippen LogP contribution < -0.4 is 0 Å². The quantitative estimate of drug-likeness (QED) is 0.775. The molecule has 1 aliphatic rings. The summed E-state index contributed by atoms with van der Waals surface area (Å²) in [5.74, 6) is 0.714. The molecular formula is C14H29NO2. The molecule has 3 heteroatoms. The Kier molecular flexibility index (Phi) is 4.99. The molecule has 1 saturated carbocycles. The van der Waals surface area contributed by atoms with Gasteiger partial charge in [0.1, 0.15) is 0 Å². The topological polar surface area (TPSA) is 43.7 Å². The van der Waals surface area contributed by atoms with Gasteiger partial charge in [-0.3, -0.25) is 0 Å². The molecule has 0 heterocycles. The Balaban J connectivity index is 2.56. The molecule has 0 aliphatic heterocycles. The lowest BCUT2D eigenvalue weighted by atomic mass is 9.70. The van der Waals surface area contributed by atoms with Gasteiger partial charge in [0, 0.05) is 25.1 Å². The first-order chi connectivity index (χ1) is 7.76. The molecule has 2 N–H and O–H groups in total. The summed E-state index contributed by atoms with van der Waals surface area (Å²) < 4.78 is 0. The van der Waals surface area contributed by atoms with Crippen LogP contribution >= 0.6 is 0 Å². The molecule has 0 spiro atoms. The zero-order valence-electron chi connectivity index (χ0n) is 11.9. The van der Waals surface area contributed by atoms with Gasteiger partial charge >= 0.3 is 0 Å². The van der Waals surface area contributed by atoms with E-state index in [0.29, 0.717) is 12.5 Å². The number of hydrogen-bond donors (Lipinski definition) is 2. The van der Waals surface area contributed by atoms with Gasteiger partial charge < -0.3 is 15.1 Å². The van der Waals surface area contributed by atoms with E-state index in [1.54, 1.807) is 0 Å². The predicted octanol–water partition coefficient (Wildman–Crippen LogP) is 1.88. The van der Waals surface area contributed by atoms with Crippen LogP contribution in [-0.2, 0) is 0 Å². The van der Waals surface area contributed by atoms with E-state index in [-0.39, 0.29) is 12.0 Å². The summed E-state index contributed by atoms with van der Waals surface area (Å²) in [7, 11) is 2.04. The molecule has 0 aromatic heterocycles. The highest BCUT2D eigenvalue weighted by Gasteiger charge is 2.35. The number of hydrogen-bond acceptors (Lipinski definition) is 3. The fourth-order valence-electron chi connectivity index (χ4n) is 3.40. The van der Waals surface area contributed by atoms with Crippen LogP contribution in [0.3, 0.4) is 0 Å². The van der Waals surface area contributed by atoms with Crippen LogP contribution in [0.1, 0.15) is 46.5 Å². The molecule has 2 unspecified atom stereocenters. The average molecular weight is 243 g/mol. The molecule has 102 valence electrons. The van der Waals surface area contributed by atoms with E-state index >= 15 is 0 Å². The number of rotatable bonds is 5. The van der Waals surface area contributed by atoms with Crippen molar-refractivity contribution in [2.75, 3.05) is 26.7 Å². The summed E-state index contributed by atoms with van der Waals surface area (Å²) >= 11 is 0. The fourth-order valence-corrected chi connectivity index (χ4v) is 3.40. The standard InChI is InChI=1S/C14H29NO2/c1-12-6-5-7-14(8-12,11-16)10-15(4)9-13(2,3)17/h12,16-17H,5-11H2,1-4H3. The zero-order chi connectivity index (χ0) is 13.1. The van der Waals surface area contributed by atoms with Crippen LogP contribution in [0.5, 0.6) is 0 Å². The van der Waals surface area contributed by atoms with Gasteiger partial charge in [0.25, 0.3) is 0 Å². The van der Waals surface area contributed by atoms with Crippen LogP contribution in [0.15, 0.2) is 0 Å². The Hall–Kier alpha value is -0.120. The first-order valence-electron chi connectivity index (χ1n) is 6.78. The minimum absolute atomic E-state index is 0.0532. The molecule has 1 aliphatic carbocycles. The highest BCUT2D eigenvalue weighted by atomic mass is 16.3. The van der Waals surface area contributed by atoms with Crippen molar-refractivity contribution in [1.29, 1.82) is 0 Å². The highest BCUT2D eigenvalue weighted by molar-refractivity contribution is 4.88. The van der Waals surface area contributed by atoms with E-state index in [1.807, 2.05) is 20.9 Å². The van der Waals surface area contributed by atoms with E-state index in [9.17, 15) is 10.2 Å². The van der Waals surface area contributed by atoms with Crippen molar-refractivity contribution in [2.24, 2.45) is 11.3 Å². The van der Waals surface area contributed by atoms with Crippen molar-refractivity contribution in [3.63, 3.8) is 0 Å². The molecule has 0 saturated heterocycles. The Morgan fingerprint density at radius 2 is 2.06 bits per heavy atom. The molecule has 0 radical (unpaired) electrons. The number of aliphatic hydroxyl groups excluding tert-OH is 1. The van der Waals surface area contributed by atoms with Crippen molar-refractivity contribution < 1.29 is 10.2 Å². The first kappa shape index (κ1) is 14.9. The summed E-state index contributed by atoms with van der Waals surface area (Å²) in [4.78, 5) is 2.16. The maximum Gasteiger partial charge on any atom is 0.0718 e. The number of aliphatic hydroxyl groups is 2. The Morgan fingerprint density at radius 1 is 1.41 bits per heavy atom. The van der Waals surface area contributed by atoms with E-state index in [0.717, 1.165) is 19.4 Å². The number of likely N-dealkylation sites (N-methyl/N-ethyl adjacent to an activating group) is 1. The van der Waals surface area contributed by atoms with E-state index < -0.39 is 5.60 Å². The molecule has 0 aromatic rings. The normalized spacial score (nSPS) is 30.9. The average Bonchev–Trinajstić information content (AvgIpc) is 2.14. The monoisotopic (exact) mass is 243 g/mol. The summed E-state index contributed by atoms with van der Waals surface area (Å²) in [5.41, 5.74) is -0.608. The summed E-state index contributed by atoms with van der Waals surface area (Å²) in [6, 6.07) is 0. The first-order valence-corrected chi connectivity index (χ1v) is 6.78. The second-order valence-corrected chi connectivity index (χ2v) is 6.84. The molecule has 0 amide bonds. The predicted molar refractivity (Wildman–Crippen MR) is 70.9 cm³/mol. The van der Waals surface area contributed by atoms with Crippen molar-refractivity contribution >= 4 is 0 Å². The largest absolute Gasteiger partial charge is 0.396 e. The summed E-state index contributed by atoms with van der Waals surface area (Å²) in [6.45, 7) is 7.76. The van der Waals surface area contributed by atoms with Crippen LogP contribution in [0, 0.1) is 11.3 Å². The van der Waals surface area contributed by atoms with Crippen LogP contribution in [0.2, 0.25) is 0 Å². The molecule has 1 fully saturated rings. The third-order valence-electron chi connectivity index (χ3n) is 3.78. The van der Waals surface area contributed by atoms with Crippen LogP contribution in [0.25, 0.3) is 0 Å². The molecular weight excluding hydrogens is 214 g/mol. The molecule has 0 bridgehead atoms. The second-order valence-electron chi connectivity index (χ2n) is 6.84. The smallest absolute Gasteiger partial charge is 0.0718 e. The van der Waals surface area contributed by atoms with Gasteiger partial charge in [0.05, 0.1) is 5.60 Å². The van der Waals surface area contributed by atoms with E-state index in [4.69, 9.17) is 0 Å². The van der Waals surface area contributed by atoms with Crippen LogP contribution in [-0.4, -0.2) is 47.5 Å². The second kappa shape index (κ2) is 5.68. The van der Waals surface area contributed by atoms with Gasteiger partial charge in [0.15, 0.2) is 0 Å².